The van der Waals surface area contributed by atoms with Crippen LogP contribution in [0.5, 0.6) is 0 Å². The van der Waals surface area contributed by atoms with Crippen LogP contribution in [-0.2, 0) is 0 Å². The second-order valence-electron chi connectivity index (χ2n) is 6.60. The number of imidazole rings is 1. The second kappa shape index (κ2) is 6.99. The van der Waals surface area contributed by atoms with Gasteiger partial charge < -0.3 is 0 Å². The van der Waals surface area contributed by atoms with Crippen molar-refractivity contribution < 1.29 is 0 Å². The van der Waals surface area contributed by atoms with Crippen molar-refractivity contribution in [3.8, 4) is 22.8 Å². The molecule has 0 amide bonds. The SMILES string of the molecule is Cc1cccc(-c2ccn(-c3nc(Cl)nc4c3ncn4-c3cccc(Cl)c3)n2)c1. The summed E-state index contributed by atoms with van der Waals surface area (Å²) in [5.74, 6) is 0.514. The zero-order chi connectivity index (χ0) is 20.0. The fourth-order valence-electron chi connectivity index (χ4n) is 3.23. The first kappa shape index (κ1) is 17.8. The first-order valence-electron chi connectivity index (χ1n) is 8.88. The van der Waals surface area contributed by atoms with E-state index in [-0.39, 0.29) is 5.28 Å². The Morgan fingerprint density at radius 2 is 1.79 bits per heavy atom. The van der Waals surface area contributed by atoms with E-state index in [4.69, 9.17) is 23.2 Å². The van der Waals surface area contributed by atoms with E-state index in [0.717, 1.165) is 16.9 Å². The molecule has 0 aliphatic carbocycles. The van der Waals surface area contributed by atoms with Crippen molar-refractivity contribution in [1.82, 2.24) is 29.3 Å². The molecular weight excluding hydrogens is 407 g/mol. The largest absolute Gasteiger partial charge is 0.283 e. The van der Waals surface area contributed by atoms with E-state index in [0.29, 0.717) is 22.0 Å². The molecule has 0 saturated carbocycles. The minimum Gasteiger partial charge on any atom is -0.283 e. The van der Waals surface area contributed by atoms with Gasteiger partial charge in [-0.3, -0.25) is 4.57 Å². The van der Waals surface area contributed by atoms with Gasteiger partial charge in [0.1, 0.15) is 6.33 Å². The fourth-order valence-corrected chi connectivity index (χ4v) is 3.58. The number of fused-ring (bicyclic) bond motifs is 1. The zero-order valence-electron chi connectivity index (χ0n) is 15.3. The number of aromatic nitrogens is 6. The molecule has 142 valence electrons. The van der Waals surface area contributed by atoms with Crippen LogP contribution in [0.4, 0.5) is 0 Å². The average Bonchev–Trinajstić information content (AvgIpc) is 3.35. The zero-order valence-corrected chi connectivity index (χ0v) is 16.8. The van der Waals surface area contributed by atoms with Crippen LogP contribution in [0, 0.1) is 6.92 Å². The Kier molecular flexibility index (Phi) is 4.30. The van der Waals surface area contributed by atoms with E-state index < -0.39 is 0 Å². The molecule has 0 N–H and O–H groups in total. The van der Waals surface area contributed by atoms with Gasteiger partial charge in [0.15, 0.2) is 17.0 Å². The van der Waals surface area contributed by atoms with Gasteiger partial charge in [-0.2, -0.15) is 15.1 Å². The maximum atomic E-state index is 6.24. The fraction of sp³-hybridized carbons (Fsp3) is 0.0476. The van der Waals surface area contributed by atoms with Gasteiger partial charge >= 0.3 is 0 Å². The van der Waals surface area contributed by atoms with E-state index in [1.54, 1.807) is 11.0 Å². The Labute approximate surface area is 176 Å². The Morgan fingerprint density at radius 3 is 2.62 bits per heavy atom. The number of nitrogens with zero attached hydrogens (tertiary/aromatic N) is 6. The lowest BCUT2D eigenvalue weighted by Crippen LogP contribution is -2.03. The van der Waals surface area contributed by atoms with Crippen molar-refractivity contribution in [3.63, 3.8) is 0 Å². The van der Waals surface area contributed by atoms with E-state index in [1.807, 2.05) is 53.2 Å². The van der Waals surface area contributed by atoms with Crippen LogP contribution in [-0.4, -0.2) is 29.3 Å². The summed E-state index contributed by atoms with van der Waals surface area (Å²) in [6.07, 6.45) is 3.52. The van der Waals surface area contributed by atoms with Gasteiger partial charge in [0.2, 0.25) is 5.28 Å². The summed E-state index contributed by atoms with van der Waals surface area (Å²) in [5.41, 5.74) is 5.05. The van der Waals surface area contributed by atoms with E-state index >= 15 is 0 Å². The van der Waals surface area contributed by atoms with Crippen molar-refractivity contribution in [2.75, 3.05) is 0 Å². The predicted molar refractivity (Wildman–Crippen MR) is 114 cm³/mol. The van der Waals surface area contributed by atoms with E-state index in [2.05, 4.69) is 39.1 Å². The second-order valence-corrected chi connectivity index (χ2v) is 7.37. The summed E-state index contributed by atoms with van der Waals surface area (Å²) in [6, 6.07) is 17.5. The summed E-state index contributed by atoms with van der Waals surface area (Å²) in [6.45, 7) is 2.05. The number of rotatable bonds is 3. The highest BCUT2D eigenvalue weighted by Crippen LogP contribution is 2.25. The first-order valence-corrected chi connectivity index (χ1v) is 9.64. The van der Waals surface area contributed by atoms with Crippen LogP contribution >= 0.6 is 23.2 Å². The lowest BCUT2D eigenvalue weighted by atomic mass is 10.1. The number of halogens is 2. The summed E-state index contributed by atoms with van der Waals surface area (Å²) >= 11 is 12.4. The van der Waals surface area contributed by atoms with Crippen molar-refractivity contribution in [2.24, 2.45) is 0 Å². The molecule has 5 rings (SSSR count). The summed E-state index contributed by atoms with van der Waals surface area (Å²) in [5, 5.41) is 5.42. The predicted octanol–water partition coefficient (Wildman–Crippen LogP) is 5.28. The average molecular weight is 421 g/mol. The van der Waals surface area contributed by atoms with Crippen molar-refractivity contribution in [3.05, 3.63) is 83.0 Å². The summed E-state index contributed by atoms with van der Waals surface area (Å²) < 4.78 is 3.49. The van der Waals surface area contributed by atoms with Crippen LogP contribution in [0.1, 0.15) is 5.56 Å². The monoisotopic (exact) mass is 420 g/mol. The van der Waals surface area contributed by atoms with Crippen molar-refractivity contribution >= 4 is 34.4 Å². The third-order valence-corrected chi connectivity index (χ3v) is 4.96. The lowest BCUT2D eigenvalue weighted by Gasteiger charge is -2.06. The normalized spacial score (nSPS) is 11.3. The molecule has 0 saturated heterocycles. The van der Waals surface area contributed by atoms with Gasteiger partial charge in [-0.1, -0.05) is 41.4 Å². The topological polar surface area (TPSA) is 61.4 Å². The quantitative estimate of drug-likeness (QED) is 0.372. The van der Waals surface area contributed by atoms with Crippen LogP contribution in [0.15, 0.2) is 67.1 Å². The maximum Gasteiger partial charge on any atom is 0.226 e. The Hall–Kier alpha value is -3.22. The molecule has 0 aliphatic heterocycles. The van der Waals surface area contributed by atoms with Crippen molar-refractivity contribution in [2.45, 2.75) is 6.92 Å². The minimum atomic E-state index is 0.115. The molecule has 29 heavy (non-hydrogen) atoms. The van der Waals surface area contributed by atoms with Crippen LogP contribution in [0.2, 0.25) is 10.3 Å². The lowest BCUT2D eigenvalue weighted by molar-refractivity contribution is 0.851. The Bertz CT molecular complexity index is 1350. The van der Waals surface area contributed by atoms with Gasteiger partial charge in [-0.15, -0.1) is 0 Å². The van der Waals surface area contributed by atoms with Gasteiger partial charge in [0, 0.05) is 16.8 Å². The highest BCUT2D eigenvalue weighted by Gasteiger charge is 2.16. The van der Waals surface area contributed by atoms with Gasteiger partial charge in [0.25, 0.3) is 0 Å². The molecule has 5 aromatic rings. The first-order chi connectivity index (χ1) is 14.1. The van der Waals surface area contributed by atoms with Crippen LogP contribution in [0.25, 0.3) is 33.9 Å². The smallest absolute Gasteiger partial charge is 0.226 e. The molecule has 0 aliphatic rings. The number of hydrogen-bond acceptors (Lipinski definition) is 4. The van der Waals surface area contributed by atoms with Crippen LogP contribution in [0.3, 0.4) is 0 Å². The highest BCUT2D eigenvalue weighted by molar-refractivity contribution is 6.30. The molecule has 0 spiro atoms. The molecule has 8 heteroatoms. The molecule has 0 unspecified atom stereocenters. The third kappa shape index (κ3) is 3.26. The van der Waals surface area contributed by atoms with Crippen LogP contribution < -0.4 is 0 Å². The number of hydrogen-bond donors (Lipinski definition) is 0. The highest BCUT2D eigenvalue weighted by atomic mass is 35.5. The summed E-state index contributed by atoms with van der Waals surface area (Å²) in [7, 11) is 0. The van der Waals surface area contributed by atoms with E-state index in [1.165, 1.54) is 5.56 Å². The molecule has 0 radical (unpaired) electrons. The maximum absolute atomic E-state index is 6.24. The Morgan fingerprint density at radius 1 is 0.931 bits per heavy atom. The molecule has 6 nitrogen and oxygen atoms in total. The Balaban J connectivity index is 1.65. The molecule has 3 heterocycles. The van der Waals surface area contributed by atoms with E-state index in [9.17, 15) is 0 Å². The number of aryl methyl sites for hydroxylation is 1. The third-order valence-electron chi connectivity index (χ3n) is 4.56. The molecule has 2 aromatic carbocycles. The standard InChI is InChI=1S/C21H14Cl2N6/c1-13-4-2-5-14(10-13)17-8-9-29(27-17)20-18-19(25-21(23)26-20)28(12-24-18)16-7-3-6-15(22)11-16/h2-12H,1H3. The molecule has 0 atom stereocenters. The molecular formula is C21H14Cl2N6. The molecule has 0 fully saturated rings. The van der Waals surface area contributed by atoms with Gasteiger partial charge in [0.05, 0.1) is 11.4 Å². The number of benzene rings is 2. The summed E-state index contributed by atoms with van der Waals surface area (Å²) in [4.78, 5) is 13.3. The van der Waals surface area contributed by atoms with Crippen molar-refractivity contribution in [1.29, 1.82) is 0 Å². The van der Waals surface area contributed by atoms with Gasteiger partial charge in [-0.25, -0.2) is 9.67 Å². The minimum absolute atomic E-state index is 0.115. The van der Waals surface area contributed by atoms with Gasteiger partial charge in [-0.05, 0) is 48.9 Å². The molecule has 0 bridgehead atoms. The molecule has 3 aromatic heterocycles.